The summed E-state index contributed by atoms with van der Waals surface area (Å²) in [5.74, 6) is -4.94. The Hall–Kier alpha value is -2.48. The van der Waals surface area contributed by atoms with E-state index in [1.807, 2.05) is 0 Å². The van der Waals surface area contributed by atoms with Crippen LogP contribution in [0.25, 0.3) is 0 Å². The standard InChI is InChI=1S/C15H13F2NO4S/c1-22-13(19)7-11(12-3-2-4-23-12)18-15(21)8-5-9(16)14(20)10(17)6-8/h2-6,11,20H,7H2,1H3,(H,18,21)/t11-/m1/s1. The van der Waals surface area contributed by atoms with E-state index in [1.165, 1.54) is 18.4 Å². The van der Waals surface area contributed by atoms with Gasteiger partial charge in [0.25, 0.3) is 5.91 Å². The van der Waals surface area contributed by atoms with Crippen LogP contribution in [0.2, 0.25) is 0 Å². The Balaban J connectivity index is 2.22. The lowest BCUT2D eigenvalue weighted by atomic mass is 10.1. The minimum absolute atomic E-state index is 0.119. The second kappa shape index (κ2) is 7.19. The highest BCUT2D eigenvalue weighted by Gasteiger charge is 2.22. The molecule has 0 aliphatic rings. The number of phenolic OH excluding ortho intramolecular Hbond substituents is 1. The molecule has 1 aromatic carbocycles. The fourth-order valence-corrected chi connectivity index (χ4v) is 2.68. The molecule has 2 rings (SSSR count). The van der Waals surface area contributed by atoms with Gasteiger partial charge in [0, 0.05) is 10.4 Å². The Morgan fingerprint density at radius 1 is 1.35 bits per heavy atom. The van der Waals surface area contributed by atoms with Crippen molar-refractivity contribution in [1.82, 2.24) is 5.32 Å². The number of ether oxygens (including phenoxy) is 1. The number of methoxy groups -OCH3 is 1. The van der Waals surface area contributed by atoms with Crippen LogP contribution in [0.15, 0.2) is 29.6 Å². The van der Waals surface area contributed by atoms with Crippen molar-refractivity contribution in [2.75, 3.05) is 7.11 Å². The van der Waals surface area contributed by atoms with Crippen molar-refractivity contribution in [1.29, 1.82) is 0 Å². The van der Waals surface area contributed by atoms with Crippen molar-refractivity contribution in [3.8, 4) is 5.75 Å². The summed E-state index contributed by atoms with van der Waals surface area (Å²) in [4.78, 5) is 24.3. The van der Waals surface area contributed by atoms with Gasteiger partial charge in [-0.3, -0.25) is 9.59 Å². The van der Waals surface area contributed by atoms with E-state index >= 15 is 0 Å². The molecule has 5 nitrogen and oxygen atoms in total. The van der Waals surface area contributed by atoms with Crippen LogP contribution in [0.5, 0.6) is 5.75 Å². The Kier molecular flexibility index (Phi) is 5.28. The number of aromatic hydroxyl groups is 1. The van der Waals surface area contributed by atoms with Crippen LogP contribution >= 0.6 is 11.3 Å². The number of amides is 1. The third-order valence-corrected chi connectivity index (χ3v) is 4.06. The molecule has 0 unspecified atom stereocenters. The summed E-state index contributed by atoms with van der Waals surface area (Å²) in [7, 11) is 1.22. The number of hydrogen-bond donors (Lipinski definition) is 2. The van der Waals surface area contributed by atoms with E-state index in [-0.39, 0.29) is 12.0 Å². The van der Waals surface area contributed by atoms with Crippen molar-refractivity contribution < 1.29 is 28.2 Å². The fourth-order valence-electron chi connectivity index (χ4n) is 1.90. The highest BCUT2D eigenvalue weighted by Crippen LogP contribution is 2.25. The van der Waals surface area contributed by atoms with E-state index in [2.05, 4.69) is 10.1 Å². The molecule has 2 aromatic rings. The maximum absolute atomic E-state index is 13.3. The third-order valence-electron chi connectivity index (χ3n) is 3.07. The van der Waals surface area contributed by atoms with E-state index in [0.29, 0.717) is 4.88 Å². The number of carbonyl (C=O) groups excluding carboxylic acids is 2. The molecular formula is C15H13F2NO4S. The van der Waals surface area contributed by atoms with Crippen LogP contribution in [0.4, 0.5) is 8.78 Å². The predicted molar refractivity (Wildman–Crippen MR) is 79.2 cm³/mol. The zero-order valence-electron chi connectivity index (χ0n) is 12.0. The quantitative estimate of drug-likeness (QED) is 0.820. The van der Waals surface area contributed by atoms with Crippen molar-refractivity contribution in [2.45, 2.75) is 12.5 Å². The van der Waals surface area contributed by atoms with Gasteiger partial charge in [-0.25, -0.2) is 8.78 Å². The highest BCUT2D eigenvalue weighted by atomic mass is 32.1. The van der Waals surface area contributed by atoms with Crippen molar-refractivity contribution in [2.24, 2.45) is 0 Å². The third kappa shape index (κ3) is 4.04. The first-order valence-electron chi connectivity index (χ1n) is 6.51. The number of hydrogen-bond acceptors (Lipinski definition) is 5. The van der Waals surface area contributed by atoms with Crippen molar-refractivity contribution in [3.05, 3.63) is 51.7 Å². The molecule has 0 spiro atoms. The molecule has 0 bridgehead atoms. The minimum atomic E-state index is -1.24. The normalized spacial score (nSPS) is 11.8. The average molecular weight is 341 g/mol. The maximum atomic E-state index is 13.3. The molecule has 23 heavy (non-hydrogen) atoms. The summed E-state index contributed by atoms with van der Waals surface area (Å²) >= 11 is 1.32. The van der Waals surface area contributed by atoms with Gasteiger partial charge >= 0.3 is 5.97 Å². The molecule has 2 N–H and O–H groups in total. The average Bonchev–Trinajstić information content (AvgIpc) is 3.05. The van der Waals surface area contributed by atoms with Gasteiger partial charge in [-0.2, -0.15) is 0 Å². The van der Waals surface area contributed by atoms with Gasteiger partial charge in [0.1, 0.15) is 0 Å². The maximum Gasteiger partial charge on any atom is 0.307 e. The lowest BCUT2D eigenvalue weighted by Crippen LogP contribution is -2.30. The van der Waals surface area contributed by atoms with Crippen LogP contribution in [-0.4, -0.2) is 24.1 Å². The van der Waals surface area contributed by atoms with E-state index < -0.39 is 35.3 Å². The summed E-state index contributed by atoms with van der Waals surface area (Å²) in [5, 5.41) is 13.4. The molecule has 122 valence electrons. The van der Waals surface area contributed by atoms with Crippen LogP contribution in [0.1, 0.15) is 27.7 Å². The number of phenols is 1. The molecule has 1 aromatic heterocycles. The van der Waals surface area contributed by atoms with Gasteiger partial charge in [-0.1, -0.05) is 6.07 Å². The lowest BCUT2D eigenvalue weighted by molar-refractivity contribution is -0.141. The fraction of sp³-hybridized carbons (Fsp3) is 0.200. The van der Waals surface area contributed by atoms with Gasteiger partial charge in [0.2, 0.25) is 0 Å². The molecule has 8 heteroatoms. The first-order valence-corrected chi connectivity index (χ1v) is 7.39. The molecule has 0 aliphatic carbocycles. The van der Waals surface area contributed by atoms with Gasteiger partial charge in [0.15, 0.2) is 17.4 Å². The molecule has 1 amide bonds. The number of benzene rings is 1. The predicted octanol–water partition coefficient (Wildman–Crippen LogP) is 2.77. The number of carbonyl (C=O) groups is 2. The summed E-state index contributed by atoms with van der Waals surface area (Å²) in [6.45, 7) is 0. The van der Waals surface area contributed by atoms with Gasteiger partial charge in [-0.15, -0.1) is 11.3 Å². The first-order chi connectivity index (χ1) is 10.9. The Labute approximate surface area is 134 Å². The lowest BCUT2D eigenvalue weighted by Gasteiger charge is -2.16. The summed E-state index contributed by atoms with van der Waals surface area (Å²) in [5.41, 5.74) is -0.302. The van der Waals surface area contributed by atoms with Crippen LogP contribution < -0.4 is 5.32 Å². The number of rotatable bonds is 5. The van der Waals surface area contributed by atoms with E-state index in [1.54, 1.807) is 17.5 Å². The largest absolute Gasteiger partial charge is 0.503 e. The number of halogens is 2. The number of thiophene rings is 1. The van der Waals surface area contributed by atoms with Gasteiger partial charge < -0.3 is 15.2 Å². The first kappa shape index (κ1) is 16.9. The van der Waals surface area contributed by atoms with Crippen LogP contribution in [0.3, 0.4) is 0 Å². The number of nitrogens with one attached hydrogen (secondary N) is 1. The minimum Gasteiger partial charge on any atom is -0.503 e. The van der Waals surface area contributed by atoms with E-state index in [9.17, 15) is 18.4 Å². The van der Waals surface area contributed by atoms with Gasteiger partial charge in [0.05, 0.1) is 19.6 Å². The monoisotopic (exact) mass is 341 g/mol. The van der Waals surface area contributed by atoms with Gasteiger partial charge in [-0.05, 0) is 23.6 Å². The molecule has 0 radical (unpaired) electrons. The highest BCUT2D eigenvalue weighted by molar-refractivity contribution is 7.10. The zero-order valence-corrected chi connectivity index (χ0v) is 12.8. The number of esters is 1. The van der Waals surface area contributed by atoms with Crippen molar-refractivity contribution in [3.63, 3.8) is 0 Å². The summed E-state index contributed by atoms with van der Waals surface area (Å²) in [6, 6.07) is 4.22. The van der Waals surface area contributed by atoms with Crippen LogP contribution in [0, 0.1) is 11.6 Å². The molecule has 0 saturated carbocycles. The Morgan fingerprint density at radius 2 is 2.00 bits per heavy atom. The summed E-state index contributed by atoms with van der Waals surface area (Å²) in [6.07, 6.45) is -0.119. The second-order valence-corrected chi connectivity index (χ2v) is 5.59. The molecule has 0 fully saturated rings. The molecule has 0 aliphatic heterocycles. The zero-order chi connectivity index (χ0) is 17.0. The molecule has 1 atom stereocenters. The molecular weight excluding hydrogens is 328 g/mol. The SMILES string of the molecule is COC(=O)C[C@@H](NC(=O)c1cc(F)c(O)c(F)c1)c1cccs1. The van der Waals surface area contributed by atoms with E-state index in [0.717, 1.165) is 12.1 Å². The molecule has 1 heterocycles. The van der Waals surface area contributed by atoms with Crippen LogP contribution in [-0.2, 0) is 9.53 Å². The summed E-state index contributed by atoms with van der Waals surface area (Å²) < 4.78 is 31.2. The molecule has 0 saturated heterocycles. The van der Waals surface area contributed by atoms with Crippen molar-refractivity contribution >= 4 is 23.2 Å². The Morgan fingerprint density at radius 3 is 2.52 bits per heavy atom. The smallest absolute Gasteiger partial charge is 0.307 e. The topological polar surface area (TPSA) is 75.6 Å². The van der Waals surface area contributed by atoms with E-state index in [4.69, 9.17) is 5.11 Å². The Bertz CT molecular complexity index is 695. The second-order valence-electron chi connectivity index (χ2n) is 4.61.